The topological polar surface area (TPSA) is 49.4 Å². The van der Waals surface area contributed by atoms with Crippen LogP contribution in [0.25, 0.3) is 0 Å². The summed E-state index contributed by atoms with van der Waals surface area (Å²) in [6.07, 6.45) is 0. The Morgan fingerprint density at radius 3 is 2.35 bits per heavy atom. The van der Waals surface area contributed by atoms with Gasteiger partial charge in [0.25, 0.3) is 5.91 Å². The van der Waals surface area contributed by atoms with Crippen molar-refractivity contribution < 1.29 is 9.59 Å². The van der Waals surface area contributed by atoms with Crippen molar-refractivity contribution in [3.05, 3.63) is 32.7 Å². The van der Waals surface area contributed by atoms with Crippen LogP contribution in [0.1, 0.15) is 31.1 Å². The summed E-state index contributed by atoms with van der Waals surface area (Å²) >= 11 is 6.69. The Kier molecular flexibility index (Phi) is 5.77. The van der Waals surface area contributed by atoms with Crippen molar-refractivity contribution in [2.75, 3.05) is 13.6 Å². The highest BCUT2D eigenvalue weighted by Gasteiger charge is 2.20. The number of carbonyl (C=O) groups excluding carboxylic acids is 2. The summed E-state index contributed by atoms with van der Waals surface area (Å²) in [5.74, 6) is -0.380. The van der Waals surface area contributed by atoms with Gasteiger partial charge in [-0.2, -0.15) is 0 Å². The number of benzene rings is 1. The van der Waals surface area contributed by atoms with E-state index in [9.17, 15) is 9.59 Å². The van der Waals surface area contributed by atoms with Gasteiger partial charge in [-0.15, -0.1) is 0 Å². The molecule has 1 N–H and O–H groups in total. The molecule has 0 fully saturated rings. The van der Waals surface area contributed by atoms with Crippen molar-refractivity contribution in [1.82, 2.24) is 10.2 Å². The van der Waals surface area contributed by atoms with Gasteiger partial charge in [-0.3, -0.25) is 9.59 Å². The smallest absolute Gasteiger partial charge is 0.255 e. The first-order chi connectivity index (χ1) is 9.10. The lowest BCUT2D eigenvalue weighted by atomic mass is 10.1. The standard InChI is InChI=1S/C14H18Br2N2O2/c1-14(2,3)17-12(19)8-18(4)13(20)10-6-5-9(15)7-11(10)16/h5-7H,8H2,1-4H3,(H,17,19). The molecule has 0 saturated heterocycles. The van der Waals surface area contributed by atoms with Gasteiger partial charge in [0.2, 0.25) is 5.91 Å². The largest absolute Gasteiger partial charge is 0.350 e. The number of likely N-dealkylation sites (N-methyl/N-ethyl adjacent to an activating group) is 1. The van der Waals surface area contributed by atoms with E-state index in [1.165, 1.54) is 4.90 Å². The van der Waals surface area contributed by atoms with E-state index in [0.29, 0.717) is 10.0 Å². The van der Waals surface area contributed by atoms with Gasteiger partial charge in [-0.25, -0.2) is 0 Å². The quantitative estimate of drug-likeness (QED) is 0.839. The molecule has 110 valence electrons. The third kappa shape index (κ3) is 5.25. The highest BCUT2D eigenvalue weighted by molar-refractivity contribution is 9.11. The van der Waals surface area contributed by atoms with Gasteiger partial charge in [0.15, 0.2) is 0 Å². The maximum absolute atomic E-state index is 12.3. The molecule has 0 aliphatic carbocycles. The van der Waals surface area contributed by atoms with Crippen molar-refractivity contribution in [3.63, 3.8) is 0 Å². The molecule has 0 bridgehead atoms. The molecule has 20 heavy (non-hydrogen) atoms. The number of rotatable bonds is 3. The van der Waals surface area contributed by atoms with Gasteiger partial charge in [-0.1, -0.05) is 15.9 Å². The van der Waals surface area contributed by atoms with Crippen molar-refractivity contribution >= 4 is 43.7 Å². The van der Waals surface area contributed by atoms with Crippen LogP contribution in [0.2, 0.25) is 0 Å². The zero-order valence-electron chi connectivity index (χ0n) is 12.0. The Morgan fingerprint density at radius 2 is 1.85 bits per heavy atom. The zero-order chi connectivity index (χ0) is 15.5. The lowest BCUT2D eigenvalue weighted by molar-refractivity contribution is -0.122. The maximum atomic E-state index is 12.3. The number of halogens is 2. The molecule has 0 aromatic heterocycles. The first-order valence-electron chi connectivity index (χ1n) is 6.11. The van der Waals surface area contributed by atoms with Gasteiger partial charge >= 0.3 is 0 Å². The minimum atomic E-state index is -0.306. The molecular formula is C14H18Br2N2O2. The number of hydrogen-bond donors (Lipinski definition) is 1. The lowest BCUT2D eigenvalue weighted by Crippen LogP contribution is -2.46. The molecule has 2 amide bonds. The number of carbonyl (C=O) groups is 2. The van der Waals surface area contributed by atoms with Gasteiger partial charge in [0.1, 0.15) is 0 Å². The van der Waals surface area contributed by atoms with E-state index in [1.807, 2.05) is 20.8 Å². The van der Waals surface area contributed by atoms with Crippen molar-refractivity contribution in [2.24, 2.45) is 0 Å². The first kappa shape index (κ1) is 17.2. The van der Waals surface area contributed by atoms with Crippen LogP contribution >= 0.6 is 31.9 Å². The van der Waals surface area contributed by atoms with E-state index in [0.717, 1.165) is 4.47 Å². The van der Waals surface area contributed by atoms with Crippen molar-refractivity contribution in [1.29, 1.82) is 0 Å². The van der Waals surface area contributed by atoms with Crippen LogP contribution in [0.15, 0.2) is 27.1 Å². The average molecular weight is 406 g/mol. The van der Waals surface area contributed by atoms with E-state index in [-0.39, 0.29) is 23.9 Å². The third-order valence-corrected chi connectivity index (χ3v) is 3.55. The Hall–Kier alpha value is -0.880. The predicted octanol–water partition coefficient (Wildman–Crippen LogP) is 3.20. The van der Waals surface area contributed by atoms with Gasteiger partial charge in [0, 0.05) is 21.5 Å². The summed E-state index contributed by atoms with van der Waals surface area (Å²) in [6.45, 7) is 5.73. The van der Waals surface area contributed by atoms with Crippen LogP contribution in [0, 0.1) is 0 Å². The zero-order valence-corrected chi connectivity index (χ0v) is 15.1. The fourth-order valence-corrected chi connectivity index (χ4v) is 2.83. The first-order valence-corrected chi connectivity index (χ1v) is 7.70. The van der Waals surface area contributed by atoms with Crippen LogP contribution in [0.5, 0.6) is 0 Å². The van der Waals surface area contributed by atoms with E-state index in [4.69, 9.17) is 0 Å². The summed E-state index contributed by atoms with van der Waals surface area (Å²) < 4.78 is 1.58. The van der Waals surface area contributed by atoms with Crippen LogP contribution in [-0.4, -0.2) is 35.8 Å². The lowest BCUT2D eigenvalue weighted by Gasteiger charge is -2.23. The molecule has 0 radical (unpaired) electrons. The van der Waals surface area contributed by atoms with Crippen LogP contribution in [0.4, 0.5) is 0 Å². The van der Waals surface area contributed by atoms with E-state index < -0.39 is 0 Å². The number of nitrogens with zero attached hydrogens (tertiary/aromatic N) is 1. The molecule has 0 heterocycles. The summed E-state index contributed by atoms with van der Waals surface area (Å²) in [7, 11) is 1.61. The average Bonchev–Trinajstić information content (AvgIpc) is 2.25. The molecule has 0 atom stereocenters. The number of amides is 2. The Bertz CT molecular complexity index is 524. The predicted molar refractivity (Wildman–Crippen MR) is 86.7 cm³/mol. The maximum Gasteiger partial charge on any atom is 0.255 e. The number of hydrogen-bond acceptors (Lipinski definition) is 2. The Labute approximate surface area is 136 Å². The van der Waals surface area contributed by atoms with Crippen LogP contribution in [0.3, 0.4) is 0 Å². The van der Waals surface area contributed by atoms with E-state index >= 15 is 0 Å². The summed E-state index contributed by atoms with van der Waals surface area (Å²) in [5.41, 5.74) is 0.221. The van der Waals surface area contributed by atoms with Gasteiger partial charge in [-0.05, 0) is 54.9 Å². The summed E-state index contributed by atoms with van der Waals surface area (Å²) in [4.78, 5) is 25.5. The highest BCUT2D eigenvalue weighted by atomic mass is 79.9. The SMILES string of the molecule is CN(CC(=O)NC(C)(C)C)C(=O)c1ccc(Br)cc1Br. The second kappa shape index (κ2) is 6.72. The normalized spacial score (nSPS) is 11.1. The third-order valence-electron chi connectivity index (χ3n) is 2.40. The molecule has 0 unspecified atom stereocenters. The van der Waals surface area contributed by atoms with Gasteiger partial charge < -0.3 is 10.2 Å². The van der Waals surface area contributed by atoms with E-state index in [1.54, 1.807) is 25.2 Å². The van der Waals surface area contributed by atoms with Crippen molar-refractivity contribution in [3.8, 4) is 0 Å². The molecule has 4 nitrogen and oxygen atoms in total. The monoisotopic (exact) mass is 404 g/mol. The molecule has 1 aromatic carbocycles. The molecule has 1 rings (SSSR count). The summed E-state index contributed by atoms with van der Waals surface area (Å²) in [6, 6.07) is 5.31. The number of nitrogens with one attached hydrogen (secondary N) is 1. The van der Waals surface area contributed by atoms with Crippen LogP contribution in [-0.2, 0) is 4.79 Å². The van der Waals surface area contributed by atoms with Crippen LogP contribution < -0.4 is 5.32 Å². The molecule has 0 aliphatic heterocycles. The van der Waals surface area contributed by atoms with E-state index in [2.05, 4.69) is 37.2 Å². The second-order valence-electron chi connectivity index (χ2n) is 5.58. The Balaban J connectivity index is 2.75. The molecule has 0 spiro atoms. The fourth-order valence-electron chi connectivity index (χ4n) is 1.61. The minimum absolute atomic E-state index is 0.0264. The Morgan fingerprint density at radius 1 is 1.25 bits per heavy atom. The fraction of sp³-hybridized carbons (Fsp3) is 0.429. The highest BCUT2D eigenvalue weighted by Crippen LogP contribution is 2.22. The molecule has 1 aromatic rings. The summed E-state index contributed by atoms with van der Waals surface area (Å²) in [5, 5.41) is 2.83. The van der Waals surface area contributed by atoms with Crippen molar-refractivity contribution in [2.45, 2.75) is 26.3 Å². The second-order valence-corrected chi connectivity index (χ2v) is 7.35. The van der Waals surface area contributed by atoms with Gasteiger partial charge in [0.05, 0.1) is 12.1 Å². The molecular weight excluding hydrogens is 388 g/mol. The molecule has 0 saturated carbocycles. The molecule has 6 heteroatoms. The molecule has 0 aliphatic rings. The minimum Gasteiger partial charge on any atom is -0.350 e.